The van der Waals surface area contributed by atoms with E-state index in [4.69, 9.17) is 17.3 Å². The fourth-order valence-electron chi connectivity index (χ4n) is 1.85. The molecule has 0 aliphatic carbocycles. The quantitative estimate of drug-likeness (QED) is 0.829. The first-order valence-electron chi connectivity index (χ1n) is 5.34. The van der Waals surface area contributed by atoms with Crippen molar-refractivity contribution in [2.24, 2.45) is 0 Å². The molecule has 1 aliphatic rings. The van der Waals surface area contributed by atoms with Crippen LogP contribution < -0.4 is 10.6 Å². The lowest BCUT2D eigenvalue weighted by Gasteiger charge is -2.35. The summed E-state index contributed by atoms with van der Waals surface area (Å²) >= 11 is 7.48. The maximum atomic E-state index is 11.8. The minimum absolute atomic E-state index is 0.274. The number of sulfone groups is 1. The average molecular weight is 308 g/mol. The molecule has 0 saturated carbocycles. The Kier molecular flexibility index (Phi) is 3.93. The van der Waals surface area contributed by atoms with Crippen LogP contribution in [0.25, 0.3) is 0 Å². The van der Waals surface area contributed by atoms with Crippen molar-refractivity contribution in [2.45, 2.75) is 5.37 Å². The van der Waals surface area contributed by atoms with E-state index in [0.717, 1.165) is 5.75 Å². The lowest BCUT2D eigenvalue weighted by atomic mass is 10.3. The first kappa shape index (κ1) is 13.8. The van der Waals surface area contributed by atoms with Gasteiger partial charge in [-0.05, 0) is 6.07 Å². The molecule has 1 aromatic rings. The summed E-state index contributed by atoms with van der Waals surface area (Å²) in [6.45, 7) is 0.620. The van der Waals surface area contributed by atoms with Crippen molar-refractivity contribution in [1.29, 1.82) is 0 Å². The molecule has 1 unspecified atom stereocenters. The van der Waals surface area contributed by atoms with Crippen LogP contribution in [0.3, 0.4) is 0 Å². The van der Waals surface area contributed by atoms with Crippen LogP contribution in [0.4, 0.5) is 11.5 Å². The molecular weight excluding hydrogens is 294 g/mol. The molecule has 0 radical (unpaired) electrons. The molecule has 0 aromatic carbocycles. The molecule has 1 aromatic heterocycles. The monoisotopic (exact) mass is 307 g/mol. The first-order chi connectivity index (χ1) is 8.38. The molecular formula is C10H14ClN3O2S2. The van der Waals surface area contributed by atoms with Crippen LogP contribution in [0.5, 0.6) is 0 Å². The molecule has 1 aliphatic heterocycles. The number of nitrogen functional groups attached to an aromatic ring is 1. The molecule has 1 fully saturated rings. The Morgan fingerprint density at radius 1 is 1.56 bits per heavy atom. The van der Waals surface area contributed by atoms with Crippen molar-refractivity contribution < 1.29 is 8.42 Å². The maximum absolute atomic E-state index is 11.8. The van der Waals surface area contributed by atoms with Gasteiger partial charge in [0.15, 0.2) is 9.84 Å². The Morgan fingerprint density at radius 3 is 2.89 bits per heavy atom. The number of halogens is 1. The van der Waals surface area contributed by atoms with E-state index in [0.29, 0.717) is 23.8 Å². The van der Waals surface area contributed by atoms with Gasteiger partial charge in [-0.25, -0.2) is 13.4 Å². The molecule has 1 saturated heterocycles. The summed E-state index contributed by atoms with van der Waals surface area (Å²) in [5.74, 6) is 1.92. The summed E-state index contributed by atoms with van der Waals surface area (Å²) in [5, 5.41) is -0.294. The largest absolute Gasteiger partial charge is 0.399 e. The fourth-order valence-corrected chi connectivity index (χ4v) is 4.89. The minimum atomic E-state index is -3.17. The number of nitrogens with zero attached hydrogens (tertiary/aromatic N) is 2. The zero-order valence-electron chi connectivity index (χ0n) is 9.84. The van der Waals surface area contributed by atoms with Crippen molar-refractivity contribution >= 4 is 44.7 Å². The van der Waals surface area contributed by atoms with Crippen LogP contribution in [0, 0.1) is 0 Å². The Hall–Kier alpha value is -0.660. The number of pyridine rings is 1. The molecule has 2 N–H and O–H groups in total. The van der Waals surface area contributed by atoms with E-state index in [1.807, 2.05) is 0 Å². The molecule has 18 heavy (non-hydrogen) atoms. The van der Waals surface area contributed by atoms with Crippen LogP contribution >= 0.6 is 23.4 Å². The molecule has 0 bridgehead atoms. The summed E-state index contributed by atoms with van der Waals surface area (Å²) in [7, 11) is -3.17. The van der Waals surface area contributed by atoms with Crippen LogP contribution in [0.15, 0.2) is 12.1 Å². The second-order valence-electron chi connectivity index (χ2n) is 4.13. The third kappa shape index (κ3) is 3.02. The van der Waals surface area contributed by atoms with E-state index in [-0.39, 0.29) is 5.15 Å². The highest BCUT2D eigenvalue weighted by molar-refractivity contribution is 8.01. The highest BCUT2D eigenvalue weighted by atomic mass is 35.5. The van der Waals surface area contributed by atoms with Crippen molar-refractivity contribution in [3.63, 3.8) is 0 Å². The minimum Gasteiger partial charge on any atom is -0.399 e. The van der Waals surface area contributed by atoms with E-state index < -0.39 is 15.2 Å². The van der Waals surface area contributed by atoms with Crippen LogP contribution in [-0.2, 0) is 9.84 Å². The molecule has 8 heteroatoms. The van der Waals surface area contributed by atoms with Crippen molar-refractivity contribution in [2.75, 3.05) is 34.9 Å². The molecule has 2 heterocycles. The second kappa shape index (κ2) is 5.14. The van der Waals surface area contributed by atoms with Gasteiger partial charge in [0.2, 0.25) is 0 Å². The fraction of sp³-hybridized carbons (Fsp3) is 0.500. The van der Waals surface area contributed by atoms with E-state index in [9.17, 15) is 8.42 Å². The van der Waals surface area contributed by atoms with Gasteiger partial charge in [-0.2, -0.15) is 11.8 Å². The van der Waals surface area contributed by atoms with Gasteiger partial charge < -0.3 is 10.6 Å². The summed E-state index contributed by atoms with van der Waals surface area (Å²) in [6, 6.07) is 3.19. The standard InChI is InChI=1S/C10H14ClN3O2S2/c1-18(15,16)10-6-17-3-2-14(10)9-5-7(12)4-8(11)13-9/h4-5,10H,2-3,6H2,1H3,(H2,12,13). The SMILES string of the molecule is CS(=O)(=O)C1CSCCN1c1cc(N)cc(Cl)n1. The smallest absolute Gasteiger partial charge is 0.169 e. The van der Waals surface area contributed by atoms with Gasteiger partial charge in [0.25, 0.3) is 0 Å². The summed E-state index contributed by atoms with van der Waals surface area (Å²) in [6.07, 6.45) is 1.24. The van der Waals surface area contributed by atoms with Gasteiger partial charge in [-0.15, -0.1) is 0 Å². The predicted molar refractivity (Wildman–Crippen MR) is 77.0 cm³/mol. The highest BCUT2D eigenvalue weighted by Gasteiger charge is 2.32. The van der Waals surface area contributed by atoms with Crippen molar-refractivity contribution in [3.8, 4) is 0 Å². The van der Waals surface area contributed by atoms with Gasteiger partial charge in [0, 0.05) is 36.1 Å². The maximum Gasteiger partial charge on any atom is 0.169 e. The third-order valence-electron chi connectivity index (χ3n) is 2.68. The Morgan fingerprint density at radius 2 is 2.28 bits per heavy atom. The van der Waals surface area contributed by atoms with E-state index in [1.54, 1.807) is 28.8 Å². The Balaban J connectivity index is 2.40. The molecule has 100 valence electrons. The highest BCUT2D eigenvalue weighted by Crippen LogP contribution is 2.27. The Bertz CT molecular complexity index is 530. The van der Waals surface area contributed by atoms with Crippen molar-refractivity contribution in [3.05, 3.63) is 17.3 Å². The number of rotatable bonds is 2. The number of thioether (sulfide) groups is 1. The van der Waals surface area contributed by atoms with Crippen LogP contribution in [0.1, 0.15) is 0 Å². The summed E-state index contributed by atoms with van der Waals surface area (Å²) in [5.41, 5.74) is 6.20. The second-order valence-corrected chi connectivity index (χ2v) is 7.87. The normalized spacial score (nSPS) is 21.0. The third-order valence-corrected chi connectivity index (χ3v) is 5.51. The summed E-state index contributed by atoms with van der Waals surface area (Å²) < 4.78 is 23.6. The van der Waals surface area contributed by atoms with E-state index in [1.165, 1.54) is 6.26 Å². The number of hydrogen-bond donors (Lipinski definition) is 1. The topological polar surface area (TPSA) is 76.3 Å². The molecule has 1 atom stereocenters. The lowest BCUT2D eigenvalue weighted by Crippen LogP contribution is -2.47. The van der Waals surface area contributed by atoms with Gasteiger partial charge in [-0.1, -0.05) is 11.6 Å². The van der Waals surface area contributed by atoms with Gasteiger partial charge in [0.05, 0.1) is 0 Å². The van der Waals surface area contributed by atoms with Gasteiger partial charge in [-0.3, -0.25) is 0 Å². The summed E-state index contributed by atoms with van der Waals surface area (Å²) in [4.78, 5) is 5.92. The number of anilines is 2. The number of hydrogen-bond acceptors (Lipinski definition) is 6. The molecule has 0 amide bonds. The lowest BCUT2D eigenvalue weighted by molar-refractivity contribution is 0.583. The first-order valence-corrected chi connectivity index (χ1v) is 8.83. The number of aromatic nitrogens is 1. The zero-order chi connectivity index (χ0) is 13.3. The van der Waals surface area contributed by atoms with Gasteiger partial charge >= 0.3 is 0 Å². The molecule has 2 rings (SSSR count). The van der Waals surface area contributed by atoms with E-state index >= 15 is 0 Å². The molecule has 5 nitrogen and oxygen atoms in total. The van der Waals surface area contributed by atoms with Crippen molar-refractivity contribution in [1.82, 2.24) is 4.98 Å². The Labute approximate surface area is 116 Å². The predicted octanol–water partition coefficient (Wildman–Crippen LogP) is 1.24. The van der Waals surface area contributed by atoms with Crippen LogP contribution in [0.2, 0.25) is 5.15 Å². The zero-order valence-corrected chi connectivity index (χ0v) is 12.2. The van der Waals surface area contributed by atoms with Gasteiger partial charge in [0.1, 0.15) is 16.3 Å². The average Bonchev–Trinajstić information content (AvgIpc) is 2.26. The van der Waals surface area contributed by atoms with Crippen LogP contribution in [-0.4, -0.2) is 43.1 Å². The van der Waals surface area contributed by atoms with E-state index in [2.05, 4.69) is 4.98 Å². The number of nitrogens with two attached hydrogens (primary N) is 1. The molecule has 0 spiro atoms.